The van der Waals surface area contributed by atoms with Gasteiger partial charge < -0.3 is 9.47 Å². The Morgan fingerprint density at radius 3 is 2.46 bits per heavy atom. The topological polar surface area (TPSA) is 48.4 Å². The van der Waals surface area contributed by atoms with Gasteiger partial charge in [-0.3, -0.25) is 4.79 Å². The first-order chi connectivity index (χ1) is 11.3. The molecule has 126 valence electrons. The Bertz CT molecular complexity index is 763. The summed E-state index contributed by atoms with van der Waals surface area (Å²) in [5.74, 6) is 1.47. The predicted molar refractivity (Wildman–Crippen MR) is 98.6 cm³/mol. The van der Waals surface area contributed by atoms with Crippen molar-refractivity contribution in [1.82, 2.24) is 4.98 Å². The lowest BCUT2D eigenvalue weighted by Crippen LogP contribution is -2.10. The van der Waals surface area contributed by atoms with Crippen LogP contribution in [0.25, 0.3) is 0 Å². The summed E-state index contributed by atoms with van der Waals surface area (Å²) in [6.45, 7) is 3.52. The highest BCUT2D eigenvalue weighted by atomic mass is 35.5. The van der Waals surface area contributed by atoms with Gasteiger partial charge in [0.1, 0.15) is 22.6 Å². The largest absolute Gasteiger partial charge is 0.487 e. The molecule has 0 saturated carbocycles. The van der Waals surface area contributed by atoms with E-state index in [4.69, 9.17) is 32.7 Å². The van der Waals surface area contributed by atoms with Gasteiger partial charge in [-0.15, -0.1) is 12.6 Å². The minimum absolute atomic E-state index is 0.264. The molecule has 0 saturated heterocycles. The molecule has 2 aromatic rings. The fourth-order valence-electron chi connectivity index (χ4n) is 1.85. The molecule has 0 radical (unpaired) electrons. The average Bonchev–Trinajstić information content (AvgIpc) is 2.51. The molecule has 0 N–H and O–H groups in total. The maximum absolute atomic E-state index is 11.1. The van der Waals surface area contributed by atoms with Crippen molar-refractivity contribution in [2.24, 2.45) is 0 Å². The van der Waals surface area contributed by atoms with Crippen LogP contribution in [0.4, 0.5) is 0 Å². The van der Waals surface area contributed by atoms with Crippen LogP contribution in [0, 0.1) is 0 Å². The summed E-state index contributed by atoms with van der Waals surface area (Å²) in [4.78, 5) is 15.1. The number of thiol groups is 1. The molecule has 0 spiro atoms. The molecule has 7 heteroatoms. The van der Waals surface area contributed by atoms with E-state index < -0.39 is 0 Å². The number of rotatable bonds is 6. The maximum Gasteiger partial charge on any atom is 0.238 e. The molecule has 1 unspecified atom stereocenters. The van der Waals surface area contributed by atoms with Crippen LogP contribution in [-0.4, -0.2) is 16.2 Å². The van der Waals surface area contributed by atoms with Gasteiger partial charge in [0, 0.05) is 11.8 Å². The summed E-state index contributed by atoms with van der Waals surface area (Å²) in [5, 5.41) is 0.489. The molecule has 24 heavy (non-hydrogen) atoms. The van der Waals surface area contributed by atoms with E-state index >= 15 is 0 Å². The third-order valence-corrected chi connectivity index (χ3v) is 3.79. The molecule has 0 aliphatic rings. The lowest BCUT2D eigenvalue weighted by atomic mass is 10.2. The van der Waals surface area contributed by atoms with Crippen molar-refractivity contribution >= 4 is 40.9 Å². The highest BCUT2D eigenvalue weighted by Gasteiger charge is 2.07. The second-order valence-corrected chi connectivity index (χ2v) is 6.24. The lowest BCUT2D eigenvalue weighted by Gasteiger charge is -2.12. The number of hydrogen-bond acceptors (Lipinski definition) is 4. The van der Waals surface area contributed by atoms with Gasteiger partial charge in [-0.05, 0) is 50.3 Å². The number of carbonyl (C=O) groups excluding carboxylic acids is 1. The standard InChI is InChI=1S/C17H15Cl2NO3S/c1-10(17(21)24)7-11(2)22-13-3-5-14(6-4-13)23-16-15(19)8-12(18)9-20-16/h3-9,11H,1-2H3,(H,21,24). The van der Waals surface area contributed by atoms with Gasteiger partial charge in [0.05, 0.1) is 5.02 Å². The highest BCUT2D eigenvalue weighted by Crippen LogP contribution is 2.30. The maximum atomic E-state index is 11.1. The van der Waals surface area contributed by atoms with E-state index in [0.29, 0.717) is 27.1 Å². The van der Waals surface area contributed by atoms with Gasteiger partial charge in [-0.1, -0.05) is 23.2 Å². The zero-order valence-corrected chi connectivity index (χ0v) is 15.4. The van der Waals surface area contributed by atoms with Gasteiger partial charge in [0.25, 0.3) is 0 Å². The highest BCUT2D eigenvalue weighted by molar-refractivity contribution is 7.97. The van der Waals surface area contributed by atoms with Crippen molar-refractivity contribution < 1.29 is 14.3 Å². The quantitative estimate of drug-likeness (QED) is 0.539. The van der Waals surface area contributed by atoms with Crippen molar-refractivity contribution in [1.29, 1.82) is 0 Å². The first-order valence-corrected chi connectivity index (χ1v) is 8.23. The van der Waals surface area contributed by atoms with E-state index in [-0.39, 0.29) is 17.1 Å². The molecule has 0 bridgehead atoms. The minimum atomic E-state index is -0.276. The van der Waals surface area contributed by atoms with Gasteiger partial charge in [-0.2, -0.15) is 0 Å². The number of nitrogens with zero attached hydrogens (tertiary/aromatic N) is 1. The van der Waals surface area contributed by atoms with Gasteiger partial charge in [-0.25, -0.2) is 4.98 Å². The Morgan fingerprint density at radius 2 is 1.88 bits per heavy atom. The summed E-state index contributed by atoms with van der Waals surface area (Å²) in [5.41, 5.74) is 0.536. The first-order valence-electron chi connectivity index (χ1n) is 7.02. The van der Waals surface area contributed by atoms with E-state index in [9.17, 15) is 4.79 Å². The fraction of sp³-hybridized carbons (Fsp3) is 0.176. The van der Waals surface area contributed by atoms with Crippen LogP contribution in [0.5, 0.6) is 17.4 Å². The molecule has 1 aromatic carbocycles. The van der Waals surface area contributed by atoms with Crippen LogP contribution in [0.2, 0.25) is 10.0 Å². The molecule has 0 amide bonds. The summed E-state index contributed by atoms with van der Waals surface area (Å²) in [7, 11) is 0. The second kappa shape index (κ2) is 8.42. The summed E-state index contributed by atoms with van der Waals surface area (Å²) >= 11 is 15.6. The molecular weight excluding hydrogens is 369 g/mol. The predicted octanol–water partition coefficient (Wildman–Crippen LogP) is 5.35. The SMILES string of the molecule is CC(=CC(C)Oc1ccc(Oc2ncc(Cl)cc2Cl)cc1)C(=O)S. The van der Waals surface area contributed by atoms with E-state index in [1.54, 1.807) is 43.3 Å². The molecule has 1 atom stereocenters. The molecule has 0 aliphatic carbocycles. The lowest BCUT2D eigenvalue weighted by molar-refractivity contribution is -0.107. The normalized spacial score (nSPS) is 12.6. The zero-order valence-electron chi connectivity index (χ0n) is 13.0. The zero-order chi connectivity index (χ0) is 17.7. The second-order valence-electron chi connectivity index (χ2n) is 4.99. The smallest absolute Gasteiger partial charge is 0.238 e. The number of benzene rings is 1. The molecule has 1 aromatic heterocycles. The summed E-state index contributed by atoms with van der Waals surface area (Å²) in [6, 6.07) is 8.52. The third-order valence-electron chi connectivity index (χ3n) is 2.96. The molecule has 0 fully saturated rings. The van der Waals surface area contributed by atoms with E-state index in [1.807, 2.05) is 6.92 Å². The average molecular weight is 384 g/mol. The summed E-state index contributed by atoms with van der Waals surface area (Å²) in [6.07, 6.45) is 2.90. The molecule has 1 heterocycles. The van der Waals surface area contributed by atoms with Gasteiger partial charge in [0.15, 0.2) is 0 Å². The van der Waals surface area contributed by atoms with Crippen LogP contribution >= 0.6 is 35.8 Å². The van der Waals surface area contributed by atoms with Crippen molar-refractivity contribution in [3.63, 3.8) is 0 Å². The number of halogens is 2. The van der Waals surface area contributed by atoms with Crippen LogP contribution < -0.4 is 9.47 Å². The Balaban J connectivity index is 2.02. The Hall–Kier alpha value is -1.69. The van der Waals surface area contributed by atoms with Crippen molar-refractivity contribution in [3.05, 3.63) is 58.2 Å². The van der Waals surface area contributed by atoms with Crippen molar-refractivity contribution in [2.45, 2.75) is 20.0 Å². The van der Waals surface area contributed by atoms with Gasteiger partial charge in [0.2, 0.25) is 11.0 Å². The number of hydrogen-bond donors (Lipinski definition) is 1. The Morgan fingerprint density at radius 1 is 1.25 bits per heavy atom. The number of ether oxygens (including phenoxy) is 2. The van der Waals surface area contributed by atoms with Crippen molar-refractivity contribution in [3.8, 4) is 17.4 Å². The van der Waals surface area contributed by atoms with Crippen LogP contribution in [0.15, 0.2) is 48.2 Å². The monoisotopic (exact) mass is 383 g/mol. The molecule has 4 nitrogen and oxygen atoms in total. The van der Waals surface area contributed by atoms with E-state index in [0.717, 1.165) is 0 Å². The number of carbonyl (C=O) groups is 1. The van der Waals surface area contributed by atoms with Crippen LogP contribution in [-0.2, 0) is 4.79 Å². The first kappa shape index (κ1) is 18.6. The van der Waals surface area contributed by atoms with E-state index in [1.165, 1.54) is 6.20 Å². The molecular formula is C17H15Cl2NO3S. The van der Waals surface area contributed by atoms with E-state index in [2.05, 4.69) is 17.6 Å². The Labute approximate surface area is 155 Å². The molecule has 2 rings (SSSR count). The fourth-order valence-corrected chi connectivity index (χ4v) is 2.34. The molecule has 0 aliphatic heterocycles. The number of pyridine rings is 1. The minimum Gasteiger partial charge on any atom is -0.487 e. The summed E-state index contributed by atoms with van der Waals surface area (Å²) < 4.78 is 11.3. The van der Waals surface area contributed by atoms with Gasteiger partial charge >= 0.3 is 0 Å². The number of aromatic nitrogens is 1. The Kier molecular flexibility index (Phi) is 6.54. The van der Waals surface area contributed by atoms with Crippen LogP contribution in [0.3, 0.4) is 0 Å². The van der Waals surface area contributed by atoms with Crippen molar-refractivity contribution in [2.75, 3.05) is 0 Å². The third kappa shape index (κ3) is 5.44. The van der Waals surface area contributed by atoms with Crippen LogP contribution in [0.1, 0.15) is 13.8 Å².